The van der Waals surface area contributed by atoms with Crippen LogP contribution in [0.3, 0.4) is 0 Å². The number of halogens is 2. The first kappa shape index (κ1) is 14.5. The van der Waals surface area contributed by atoms with Gasteiger partial charge in [-0.15, -0.1) is 0 Å². The standard InChI is InChI=1S/C13H17Cl2NO/c1-13(2,3)12(8-17)16-7-9-4-10(14)6-11(15)5-9/h4-7,12,17H,8H2,1-3H3/b16-7+/t12-/m1/s1. The lowest BCUT2D eigenvalue weighted by Gasteiger charge is -2.25. The Bertz CT molecular complexity index is 390. The maximum Gasteiger partial charge on any atom is 0.0778 e. The number of aliphatic hydroxyl groups excluding tert-OH is 1. The van der Waals surface area contributed by atoms with Crippen molar-refractivity contribution in [1.29, 1.82) is 0 Å². The normalized spacial score (nSPS) is 14.2. The van der Waals surface area contributed by atoms with Crippen molar-refractivity contribution in [1.82, 2.24) is 0 Å². The van der Waals surface area contributed by atoms with E-state index in [-0.39, 0.29) is 18.1 Å². The molecule has 17 heavy (non-hydrogen) atoms. The summed E-state index contributed by atoms with van der Waals surface area (Å²) in [5, 5.41) is 10.4. The minimum Gasteiger partial charge on any atom is -0.394 e. The van der Waals surface area contributed by atoms with Gasteiger partial charge in [0.2, 0.25) is 0 Å². The van der Waals surface area contributed by atoms with Gasteiger partial charge in [-0.25, -0.2) is 0 Å². The van der Waals surface area contributed by atoms with Crippen molar-refractivity contribution < 1.29 is 5.11 Å². The van der Waals surface area contributed by atoms with Crippen molar-refractivity contribution in [2.45, 2.75) is 26.8 Å². The van der Waals surface area contributed by atoms with Crippen molar-refractivity contribution in [2.24, 2.45) is 10.4 Å². The summed E-state index contributed by atoms with van der Waals surface area (Å²) < 4.78 is 0. The first-order valence-electron chi connectivity index (χ1n) is 5.43. The highest BCUT2D eigenvalue weighted by Gasteiger charge is 2.22. The molecule has 0 radical (unpaired) electrons. The molecule has 1 N–H and O–H groups in total. The Hall–Kier alpha value is -0.570. The first-order valence-corrected chi connectivity index (χ1v) is 6.18. The SMILES string of the molecule is CC(C)(C)[C@@H](CO)/N=C/c1cc(Cl)cc(Cl)c1. The molecule has 94 valence electrons. The van der Waals surface area contributed by atoms with E-state index in [1.54, 1.807) is 24.4 Å². The molecule has 0 bridgehead atoms. The Labute approximate surface area is 112 Å². The molecule has 1 rings (SSSR count). The number of aliphatic imine (C=N–C) groups is 1. The zero-order valence-electron chi connectivity index (χ0n) is 10.2. The van der Waals surface area contributed by atoms with Gasteiger partial charge < -0.3 is 5.11 Å². The van der Waals surface area contributed by atoms with Crippen LogP contribution < -0.4 is 0 Å². The monoisotopic (exact) mass is 273 g/mol. The summed E-state index contributed by atoms with van der Waals surface area (Å²) in [7, 11) is 0. The molecule has 0 heterocycles. The van der Waals surface area contributed by atoms with Crippen LogP contribution >= 0.6 is 23.2 Å². The second-order valence-corrected chi connectivity index (χ2v) is 5.92. The highest BCUT2D eigenvalue weighted by Crippen LogP contribution is 2.22. The number of hydrogen-bond acceptors (Lipinski definition) is 2. The fraction of sp³-hybridized carbons (Fsp3) is 0.462. The summed E-state index contributed by atoms with van der Waals surface area (Å²) in [6, 6.07) is 5.11. The number of rotatable bonds is 3. The van der Waals surface area contributed by atoms with Gasteiger partial charge in [-0.1, -0.05) is 44.0 Å². The Morgan fingerprint density at radius 3 is 2.18 bits per heavy atom. The van der Waals surface area contributed by atoms with Crippen LogP contribution in [0.5, 0.6) is 0 Å². The Morgan fingerprint density at radius 1 is 1.24 bits per heavy atom. The van der Waals surface area contributed by atoms with Crippen molar-refractivity contribution in [3.8, 4) is 0 Å². The van der Waals surface area contributed by atoms with E-state index in [1.165, 1.54) is 0 Å². The molecule has 0 aromatic heterocycles. The molecule has 0 spiro atoms. The van der Waals surface area contributed by atoms with Crippen LogP contribution in [0.4, 0.5) is 0 Å². The summed E-state index contributed by atoms with van der Waals surface area (Å²) >= 11 is 11.8. The number of nitrogens with zero attached hydrogens (tertiary/aromatic N) is 1. The third-order valence-electron chi connectivity index (χ3n) is 2.46. The molecule has 1 atom stereocenters. The third-order valence-corrected chi connectivity index (χ3v) is 2.90. The minimum atomic E-state index is -0.139. The molecular weight excluding hydrogens is 257 g/mol. The largest absolute Gasteiger partial charge is 0.394 e. The molecule has 0 saturated carbocycles. The van der Waals surface area contributed by atoms with Crippen LogP contribution in [0.15, 0.2) is 23.2 Å². The molecule has 0 aliphatic carbocycles. The van der Waals surface area contributed by atoms with Crippen molar-refractivity contribution in [2.75, 3.05) is 6.61 Å². The lowest BCUT2D eigenvalue weighted by molar-refractivity contribution is 0.191. The molecular formula is C13H17Cl2NO. The molecule has 0 unspecified atom stereocenters. The zero-order chi connectivity index (χ0) is 13.1. The lowest BCUT2D eigenvalue weighted by Crippen LogP contribution is -2.28. The van der Waals surface area contributed by atoms with Gasteiger partial charge in [-0.05, 0) is 29.2 Å². The predicted octanol–water partition coefficient (Wildman–Crippen LogP) is 3.82. The zero-order valence-corrected chi connectivity index (χ0v) is 11.8. The van der Waals surface area contributed by atoms with E-state index >= 15 is 0 Å². The quantitative estimate of drug-likeness (QED) is 0.835. The summed E-state index contributed by atoms with van der Waals surface area (Å²) in [4.78, 5) is 4.37. The van der Waals surface area contributed by atoms with Crippen LogP contribution in [0.25, 0.3) is 0 Å². The van der Waals surface area contributed by atoms with Gasteiger partial charge in [0, 0.05) is 16.3 Å². The molecule has 4 heteroatoms. The highest BCUT2D eigenvalue weighted by molar-refractivity contribution is 6.35. The lowest BCUT2D eigenvalue weighted by atomic mass is 9.88. The van der Waals surface area contributed by atoms with Gasteiger partial charge in [0.25, 0.3) is 0 Å². The molecule has 0 amide bonds. The van der Waals surface area contributed by atoms with E-state index in [4.69, 9.17) is 23.2 Å². The first-order chi connectivity index (χ1) is 7.82. The topological polar surface area (TPSA) is 32.6 Å². The van der Waals surface area contributed by atoms with E-state index in [9.17, 15) is 5.11 Å². The Balaban J connectivity index is 2.89. The predicted molar refractivity (Wildman–Crippen MR) is 74.4 cm³/mol. The second kappa shape index (κ2) is 5.85. The maximum absolute atomic E-state index is 9.28. The van der Waals surface area contributed by atoms with E-state index in [2.05, 4.69) is 4.99 Å². The second-order valence-electron chi connectivity index (χ2n) is 5.05. The van der Waals surface area contributed by atoms with Gasteiger partial charge in [0.15, 0.2) is 0 Å². The van der Waals surface area contributed by atoms with Gasteiger partial charge in [-0.3, -0.25) is 4.99 Å². The van der Waals surface area contributed by atoms with Crippen LogP contribution in [-0.2, 0) is 0 Å². The summed E-state index contributed by atoms with van der Waals surface area (Å²) in [5.74, 6) is 0. The van der Waals surface area contributed by atoms with E-state index < -0.39 is 0 Å². The highest BCUT2D eigenvalue weighted by atomic mass is 35.5. The minimum absolute atomic E-state index is 0.0221. The molecule has 0 saturated heterocycles. The Kier molecular flexibility index (Phi) is 4.99. The molecule has 0 aliphatic heterocycles. The van der Waals surface area contributed by atoms with Crippen molar-refractivity contribution in [3.63, 3.8) is 0 Å². The number of hydrogen-bond donors (Lipinski definition) is 1. The van der Waals surface area contributed by atoms with Gasteiger partial charge in [0.05, 0.1) is 12.6 Å². The van der Waals surface area contributed by atoms with Crippen LogP contribution in [0.1, 0.15) is 26.3 Å². The van der Waals surface area contributed by atoms with Crippen LogP contribution in [-0.4, -0.2) is 24.0 Å². The summed E-state index contributed by atoms with van der Waals surface area (Å²) in [6.45, 7) is 6.14. The fourth-order valence-electron chi connectivity index (χ4n) is 1.37. The maximum atomic E-state index is 9.28. The fourth-order valence-corrected chi connectivity index (χ4v) is 1.91. The van der Waals surface area contributed by atoms with E-state index in [1.807, 2.05) is 20.8 Å². The molecule has 2 nitrogen and oxygen atoms in total. The number of benzene rings is 1. The van der Waals surface area contributed by atoms with E-state index in [0.717, 1.165) is 5.56 Å². The van der Waals surface area contributed by atoms with Gasteiger partial charge >= 0.3 is 0 Å². The average molecular weight is 274 g/mol. The molecule has 1 aromatic rings. The van der Waals surface area contributed by atoms with Crippen molar-refractivity contribution >= 4 is 29.4 Å². The average Bonchev–Trinajstić information content (AvgIpc) is 2.14. The third kappa shape index (κ3) is 4.66. The Morgan fingerprint density at radius 2 is 1.76 bits per heavy atom. The van der Waals surface area contributed by atoms with Crippen molar-refractivity contribution in [3.05, 3.63) is 33.8 Å². The molecule has 0 aliphatic rings. The summed E-state index contributed by atoms with van der Waals surface area (Å²) in [6.07, 6.45) is 1.70. The van der Waals surface area contributed by atoms with E-state index in [0.29, 0.717) is 10.0 Å². The van der Waals surface area contributed by atoms with Crippen LogP contribution in [0.2, 0.25) is 10.0 Å². The molecule has 0 fully saturated rings. The number of aliphatic hydroxyl groups is 1. The molecule has 1 aromatic carbocycles. The smallest absolute Gasteiger partial charge is 0.0778 e. The van der Waals surface area contributed by atoms with Crippen LogP contribution in [0, 0.1) is 5.41 Å². The summed E-state index contributed by atoms with van der Waals surface area (Å²) in [5.41, 5.74) is 0.762. The van der Waals surface area contributed by atoms with Gasteiger partial charge in [-0.2, -0.15) is 0 Å². The van der Waals surface area contributed by atoms with Gasteiger partial charge in [0.1, 0.15) is 0 Å².